The first-order chi connectivity index (χ1) is 7.95. The molecule has 2 heteroatoms. The van der Waals surface area contributed by atoms with Crippen molar-refractivity contribution < 1.29 is 9.90 Å². The van der Waals surface area contributed by atoms with Crippen LogP contribution < -0.4 is 0 Å². The summed E-state index contributed by atoms with van der Waals surface area (Å²) in [6.07, 6.45) is 10.2. The largest absolute Gasteiger partial charge is 0.478 e. The zero-order valence-corrected chi connectivity index (χ0v) is 11.9. The van der Waals surface area contributed by atoms with E-state index in [1.807, 2.05) is 20.8 Å². The van der Waals surface area contributed by atoms with Crippen LogP contribution in [0, 0.1) is 5.41 Å². The Hall–Kier alpha value is -0.790. The third kappa shape index (κ3) is 6.50. The number of rotatable bonds is 9. The summed E-state index contributed by atoms with van der Waals surface area (Å²) >= 11 is 0. The number of carboxylic acid groups (broad SMARTS) is 1. The quantitative estimate of drug-likeness (QED) is 0.464. The average Bonchev–Trinajstić information content (AvgIpc) is 2.23. The van der Waals surface area contributed by atoms with Crippen LogP contribution in [-0.2, 0) is 4.79 Å². The molecule has 0 amide bonds. The van der Waals surface area contributed by atoms with Gasteiger partial charge in [-0.25, -0.2) is 4.79 Å². The summed E-state index contributed by atoms with van der Waals surface area (Å²) in [6.45, 7) is 8.09. The maximum atomic E-state index is 11.1. The summed E-state index contributed by atoms with van der Waals surface area (Å²) in [5, 5.41) is 9.11. The smallest absolute Gasteiger partial charge is 0.331 e. The predicted octanol–water partition coefficient (Wildman–Crippen LogP) is 4.79. The number of hydrogen-bond acceptors (Lipinski definition) is 1. The maximum absolute atomic E-state index is 11.1. The van der Waals surface area contributed by atoms with E-state index < -0.39 is 5.97 Å². The van der Waals surface area contributed by atoms with Gasteiger partial charge in [0.2, 0.25) is 0 Å². The second-order valence-corrected chi connectivity index (χ2v) is 5.41. The van der Waals surface area contributed by atoms with E-state index in [1.54, 1.807) is 6.08 Å². The summed E-state index contributed by atoms with van der Waals surface area (Å²) in [4.78, 5) is 11.1. The predicted molar refractivity (Wildman–Crippen MR) is 73.2 cm³/mol. The monoisotopic (exact) mass is 240 g/mol. The molecule has 1 N–H and O–H groups in total. The Labute approximate surface area is 106 Å². The molecule has 0 saturated heterocycles. The molecule has 0 aromatic carbocycles. The average molecular weight is 240 g/mol. The van der Waals surface area contributed by atoms with Crippen molar-refractivity contribution in [2.45, 2.75) is 72.6 Å². The van der Waals surface area contributed by atoms with E-state index in [4.69, 9.17) is 5.11 Å². The first-order valence-corrected chi connectivity index (χ1v) is 6.85. The van der Waals surface area contributed by atoms with Crippen LogP contribution in [-0.4, -0.2) is 11.1 Å². The molecule has 0 spiro atoms. The topological polar surface area (TPSA) is 37.3 Å². The van der Waals surface area contributed by atoms with Gasteiger partial charge in [0.15, 0.2) is 0 Å². The molecule has 0 aliphatic rings. The number of carboxylic acids is 1. The normalized spacial score (nSPS) is 12.8. The Balaban J connectivity index is 3.97. The summed E-state index contributed by atoms with van der Waals surface area (Å²) in [6, 6.07) is 0. The minimum atomic E-state index is -0.775. The zero-order valence-electron chi connectivity index (χ0n) is 11.9. The van der Waals surface area contributed by atoms with Crippen LogP contribution in [0.2, 0.25) is 0 Å². The highest BCUT2D eigenvalue weighted by Gasteiger charge is 2.26. The number of aliphatic carboxylic acids is 1. The van der Waals surface area contributed by atoms with E-state index in [0.29, 0.717) is 5.57 Å². The molecule has 0 saturated carbocycles. The highest BCUT2D eigenvalue weighted by molar-refractivity contribution is 5.87. The minimum Gasteiger partial charge on any atom is -0.478 e. The van der Waals surface area contributed by atoms with Gasteiger partial charge < -0.3 is 5.11 Å². The molecule has 0 unspecified atom stereocenters. The first-order valence-electron chi connectivity index (χ1n) is 6.85. The van der Waals surface area contributed by atoms with Crippen LogP contribution in [0.5, 0.6) is 0 Å². The summed E-state index contributed by atoms with van der Waals surface area (Å²) in [5.41, 5.74) is 0.344. The van der Waals surface area contributed by atoms with E-state index in [0.717, 1.165) is 12.8 Å². The van der Waals surface area contributed by atoms with Crippen LogP contribution >= 0.6 is 0 Å². The molecule has 0 heterocycles. The molecule has 0 aliphatic carbocycles. The van der Waals surface area contributed by atoms with Gasteiger partial charge in [-0.15, -0.1) is 0 Å². The van der Waals surface area contributed by atoms with Crippen molar-refractivity contribution in [3.8, 4) is 0 Å². The first kappa shape index (κ1) is 16.2. The van der Waals surface area contributed by atoms with Gasteiger partial charge in [-0.05, 0) is 18.8 Å². The molecule has 0 bridgehead atoms. The van der Waals surface area contributed by atoms with Crippen molar-refractivity contribution in [3.05, 3.63) is 11.6 Å². The van der Waals surface area contributed by atoms with Gasteiger partial charge in [0, 0.05) is 5.57 Å². The second-order valence-electron chi connectivity index (χ2n) is 5.41. The lowest BCUT2D eigenvalue weighted by Gasteiger charge is -2.25. The molecule has 100 valence electrons. The second kappa shape index (κ2) is 8.32. The Bertz CT molecular complexity index is 252. The van der Waals surface area contributed by atoms with Crippen molar-refractivity contribution in [2.75, 3.05) is 0 Å². The summed E-state index contributed by atoms with van der Waals surface area (Å²) in [7, 11) is 0. The number of allylic oxidation sites excluding steroid dienone is 1. The van der Waals surface area contributed by atoms with Crippen molar-refractivity contribution in [1.82, 2.24) is 0 Å². The number of hydrogen-bond donors (Lipinski definition) is 1. The lowest BCUT2D eigenvalue weighted by Crippen LogP contribution is -2.21. The SMILES string of the molecule is CC=C(C(=O)O)C(C)(C)CCCCCCCC. The lowest BCUT2D eigenvalue weighted by atomic mass is 9.79. The number of unbranched alkanes of at least 4 members (excludes halogenated alkanes) is 5. The highest BCUT2D eigenvalue weighted by Crippen LogP contribution is 2.32. The van der Waals surface area contributed by atoms with Gasteiger partial charge in [-0.2, -0.15) is 0 Å². The van der Waals surface area contributed by atoms with Gasteiger partial charge in [-0.1, -0.05) is 65.4 Å². The third-order valence-corrected chi connectivity index (χ3v) is 3.40. The Morgan fingerprint density at radius 1 is 1.12 bits per heavy atom. The Kier molecular flexibility index (Phi) is 7.94. The third-order valence-electron chi connectivity index (χ3n) is 3.40. The van der Waals surface area contributed by atoms with Crippen molar-refractivity contribution in [3.63, 3.8) is 0 Å². The number of carbonyl (C=O) groups is 1. The van der Waals surface area contributed by atoms with Crippen LogP contribution in [0.25, 0.3) is 0 Å². The van der Waals surface area contributed by atoms with Crippen molar-refractivity contribution in [1.29, 1.82) is 0 Å². The molecule has 2 nitrogen and oxygen atoms in total. The summed E-state index contributed by atoms with van der Waals surface area (Å²) in [5.74, 6) is -0.775. The molecular weight excluding hydrogens is 212 g/mol. The fraction of sp³-hybridized carbons (Fsp3) is 0.800. The molecule has 0 aromatic rings. The van der Waals surface area contributed by atoms with Gasteiger partial charge in [0.05, 0.1) is 0 Å². The van der Waals surface area contributed by atoms with E-state index in [2.05, 4.69) is 6.92 Å². The molecule has 0 rings (SSSR count). The Morgan fingerprint density at radius 2 is 1.65 bits per heavy atom. The molecule has 0 fully saturated rings. The zero-order chi connectivity index (χ0) is 13.3. The van der Waals surface area contributed by atoms with Crippen LogP contribution in [0.3, 0.4) is 0 Å². The molecule has 0 radical (unpaired) electrons. The van der Waals surface area contributed by atoms with Crippen molar-refractivity contribution >= 4 is 5.97 Å². The fourth-order valence-electron chi connectivity index (χ4n) is 2.29. The molecule has 0 aromatic heterocycles. The summed E-state index contributed by atoms with van der Waals surface area (Å²) < 4.78 is 0. The molecular formula is C15H28O2. The highest BCUT2D eigenvalue weighted by atomic mass is 16.4. The maximum Gasteiger partial charge on any atom is 0.331 e. The van der Waals surface area contributed by atoms with Crippen LogP contribution in [0.1, 0.15) is 72.6 Å². The molecule has 0 atom stereocenters. The van der Waals surface area contributed by atoms with Crippen molar-refractivity contribution in [2.24, 2.45) is 5.41 Å². The van der Waals surface area contributed by atoms with E-state index >= 15 is 0 Å². The Morgan fingerprint density at radius 3 is 2.12 bits per heavy atom. The standard InChI is InChI=1S/C15H28O2/c1-5-7-8-9-10-11-12-15(3,4)13(6-2)14(16)17/h6H,5,7-12H2,1-4H3,(H,16,17). The molecule has 17 heavy (non-hydrogen) atoms. The van der Waals surface area contributed by atoms with E-state index in [1.165, 1.54) is 32.1 Å². The van der Waals surface area contributed by atoms with Gasteiger partial charge >= 0.3 is 5.97 Å². The van der Waals surface area contributed by atoms with E-state index in [-0.39, 0.29) is 5.41 Å². The lowest BCUT2D eigenvalue weighted by molar-refractivity contribution is -0.133. The fourth-order valence-corrected chi connectivity index (χ4v) is 2.29. The van der Waals surface area contributed by atoms with Gasteiger partial charge in [-0.3, -0.25) is 0 Å². The minimum absolute atomic E-state index is 0.203. The van der Waals surface area contributed by atoms with Crippen LogP contribution in [0.15, 0.2) is 11.6 Å². The molecule has 0 aliphatic heterocycles. The van der Waals surface area contributed by atoms with E-state index in [9.17, 15) is 4.79 Å². The van der Waals surface area contributed by atoms with Crippen LogP contribution in [0.4, 0.5) is 0 Å². The van der Waals surface area contributed by atoms with Gasteiger partial charge in [0.1, 0.15) is 0 Å². The van der Waals surface area contributed by atoms with Gasteiger partial charge in [0.25, 0.3) is 0 Å².